The van der Waals surface area contributed by atoms with Crippen molar-refractivity contribution in [1.82, 2.24) is 20.0 Å². The van der Waals surface area contributed by atoms with Crippen molar-refractivity contribution in [2.45, 2.75) is 25.5 Å². The topological polar surface area (TPSA) is 84.1 Å². The molecule has 3 aromatic rings. The largest absolute Gasteiger partial charge is 0.389 e. The Balaban J connectivity index is 1.68. The Morgan fingerprint density at radius 2 is 1.93 bits per heavy atom. The molecule has 1 aliphatic heterocycles. The lowest BCUT2D eigenvalue weighted by Crippen LogP contribution is -2.34. The third-order valence-corrected chi connectivity index (χ3v) is 4.42. The molecule has 1 N–H and O–H groups in total. The number of halogens is 2. The molecule has 1 aliphatic rings. The number of aliphatic hydroxyl groups excluding tert-OH is 1. The monoisotopic (exact) mass is 371 g/mol. The Morgan fingerprint density at radius 1 is 1.19 bits per heavy atom. The standard InChI is InChI=1S/C18H15F2N5O2/c1-11(26)13-3-2-4-14-16(13)18(19,20)17(27)24(14)10-12-5-6-15(21-9-12)25-22-7-8-23-25/h2-9,11,26H,10H2,1H3/t11-/m0/s1. The fourth-order valence-electron chi connectivity index (χ4n) is 3.16. The molecular formula is C18H15F2N5O2. The lowest BCUT2D eigenvalue weighted by molar-refractivity contribution is -0.141. The van der Waals surface area contributed by atoms with Crippen LogP contribution in [-0.4, -0.2) is 31.0 Å². The quantitative estimate of drug-likeness (QED) is 0.761. The number of anilines is 1. The summed E-state index contributed by atoms with van der Waals surface area (Å²) in [5.74, 6) is -4.53. The van der Waals surface area contributed by atoms with Crippen LogP contribution in [-0.2, 0) is 17.3 Å². The molecule has 0 saturated carbocycles. The van der Waals surface area contributed by atoms with Gasteiger partial charge in [0.1, 0.15) is 0 Å². The summed E-state index contributed by atoms with van der Waals surface area (Å²) in [6.45, 7) is 1.33. The van der Waals surface area contributed by atoms with Crippen molar-refractivity contribution in [3.8, 4) is 5.82 Å². The lowest BCUT2D eigenvalue weighted by atomic mass is 9.98. The molecule has 1 amide bonds. The molecular weight excluding hydrogens is 356 g/mol. The number of fused-ring (bicyclic) bond motifs is 1. The first-order valence-electron chi connectivity index (χ1n) is 8.22. The van der Waals surface area contributed by atoms with Crippen LogP contribution in [0.25, 0.3) is 5.82 Å². The first-order valence-corrected chi connectivity index (χ1v) is 8.22. The van der Waals surface area contributed by atoms with Gasteiger partial charge in [-0.15, -0.1) is 4.80 Å². The van der Waals surface area contributed by atoms with E-state index in [2.05, 4.69) is 15.2 Å². The zero-order valence-corrected chi connectivity index (χ0v) is 14.3. The first-order chi connectivity index (χ1) is 12.9. The lowest BCUT2D eigenvalue weighted by Gasteiger charge is -2.17. The van der Waals surface area contributed by atoms with E-state index in [-0.39, 0.29) is 17.8 Å². The molecule has 2 aromatic heterocycles. The van der Waals surface area contributed by atoms with Crippen LogP contribution >= 0.6 is 0 Å². The van der Waals surface area contributed by atoms with E-state index in [1.165, 1.54) is 42.4 Å². The van der Waals surface area contributed by atoms with E-state index in [0.717, 1.165) is 4.90 Å². The van der Waals surface area contributed by atoms with Gasteiger partial charge in [0.05, 0.1) is 36.3 Å². The van der Waals surface area contributed by atoms with Crippen LogP contribution in [0, 0.1) is 0 Å². The molecule has 1 aromatic carbocycles. The Morgan fingerprint density at radius 3 is 2.56 bits per heavy atom. The van der Waals surface area contributed by atoms with Crippen molar-refractivity contribution < 1.29 is 18.7 Å². The van der Waals surface area contributed by atoms with Crippen LogP contribution in [0.5, 0.6) is 0 Å². The average Bonchev–Trinajstić information content (AvgIpc) is 3.25. The molecule has 1 atom stereocenters. The molecule has 0 fully saturated rings. The van der Waals surface area contributed by atoms with E-state index in [9.17, 15) is 18.7 Å². The van der Waals surface area contributed by atoms with Crippen LogP contribution in [0.1, 0.15) is 29.7 Å². The Kier molecular flexibility index (Phi) is 3.96. The van der Waals surface area contributed by atoms with E-state index in [0.29, 0.717) is 11.4 Å². The molecule has 0 saturated heterocycles. The highest BCUT2D eigenvalue weighted by atomic mass is 19.3. The number of pyridine rings is 1. The Bertz CT molecular complexity index is 987. The predicted octanol–water partition coefficient (Wildman–Crippen LogP) is 2.35. The van der Waals surface area contributed by atoms with Crippen molar-refractivity contribution in [1.29, 1.82) is 0 Å². The second-order valence-electron chi connectivity index (χ2n) is 6.23. The number of amides is 1. The number of carbonyl (C=O) groups excluding carboxylic acids is 1. The molecule has 3 heterocycles. The van der Waals surface area contributed by atoms with Gasteiger partial charge in [0.2, 0.25) is 0 Å². The van der Waals surface area contributed by atoms with Crippen LogP contribution in [0.2, 0.25) is 0 Å². The summed E-state index contributed by atoms with van der Waals surface area (Å²) in [6.07, 6.45) is 3.40. The summed E-state index contributed by atoms with van der Waals surface area (Å²) in [6, 6.07) is 7.72. The summed E-state index contributed by atoms with van der Waals surface area (Å²) in [7, 11) is 0. The number of benzene rings is 1. The minimum atomic E-state index is -3.69. The number of hydrogen-bond donors (Lipinski definition) is 1. The van der Waals surface area contributed by atoms with Gasteiger partial charge in [0.15, 0.2) is 5.82 Å². The molecule has 138 valence electrons. The summed E-state index contributed by atoms with van der Waals surface area (Å²) in [4.78, 5) is 18.9. The van der Waals surface area contributed by atoms with E-state index in [4.69, 9.17) is 0 Å². The number of nitrogens with zero attached hydrogens (tertiary/aromatic N) is 5. The SMILES string of the molecule is C[C@H](O)c1cccc2c1C(F)(F)C(=O)N2Cc1ccc(-n2nccn2)nc1. The van der Waals surface area contributed by atoms with Crippen LogP contribution in [0.15, 0.2) is 48.9 Å². The van der Waals surface area contributed by atoms with Gasteiger partial charge in [-0.1, -0.05) is 18.2 Å². The second kappa shape index (κ2) is 6.20. The molecule has 0 aliphatic carbocycles. The summed E-state index contributed by atoms with van der Waals surface area (Å²) >= 11 is 0. The number of aromatic nitrogens is 4. The van der Waals surface area contributed by atoms with Gasteiger partial charge in [-0.25, -0.2) is 4.98 Å². The van der Waals surface area contributed by atoms with Gasteiger partial charge >= 0.3 is 11.8 Å². The number of alkyl halides is 2. The third kappa shape index (κ3) is 2.76. The molecule has 0 bridgehead atoms. The molecule has 7 nitrogen and oxygen atoms in total. The fourth-order valence-corrected chi connectivity index (χ4v) is 3.16. The highest BCUT2D eigenvalue weighted by Crippen LogP contribution is 2.47. The van der Waals surface area contributed by atoms with Crippen molar-refractivity contribution in [2.75, 3.05) is 4.90 Å². The normalized spacial score (nSPS) is 16.4. The highest BCUT2D eigenvalue weighted by Gasteiger charge is 2.54. The maximum atomic E-state index is 14.6. The molecule has 9 heteroatoms. The minimum absolute atomic E-state index is 0.0478. The average molecular weight is 371 g/mol. The fraction of sp³-hybridized carbons (Fsp3) is 0.222. The van der Waals surface area contributed by atoms with Crippen molar-refractivity contribution in [3.05, 3.63) is 65.6 Å². The molecule has 0 radical (unpaired) electrons. The smallest absolute Gasteiger partial charge is 0.352 e. The summed E-state index contributed by atoms with van der Waals surface area (Å²) in [5, 5.41) is 17.7. The molecule has 0 unspecified atom stereocenters. The Hall–Kier alpha value is -3.20. The minimum Gasteiger partial charge on any atom is -0.389 e. The molecule has 0 spiro atoms. The van der Waals surface area contributed by atoms with E-state index in [1.807, 2.05) is 0 Å². The summed E-state index contributed by atoms with van der Waals surface area (Å²) < 4.78 is 29.2. The van der Waals surface area contributed by atoms with Crippen LogP contribution in [0.4, 0.5) is 14.5 Å². The van der Waals surface area contributed by atoms with E-state index < -0.39 is 23.5 Å². The van der Waals surface area contributed by atoms with Crippen LogP contribution in [0.3, 0.4) is 0 Å². The van der Waals surface area contributed by atoms with Gasteiger partial charge in [-0.3, -0.25) is 4.79 Å². The number of aliphatic hydroxyl groups is 1. The van der Waals surface area contributed by atoms with Gasteiger partial charge in [0.25, 0.3) is 0 Å². The first kappa shape index (κ1) is 17.2. The van der Waals surface area contributed by atoms with Crippen molar-refractivity contribution in [2.24, 2.45) is 0 Å². The highest BCUT2D eigenvalue weighted by molar-refractivity contribution is 6.06. The third-order valence-electron chi connectivity index (χ3n) is 4.42. The zero-order chi connectivity index (χ0) is 19.2. The van der Waals surface area contributed by atoms with Gasteiger partial charge in [-0.05, 0) is 30.2 Å². The number of carbonyl (C=O) groups is 1. The van der Waals surface area contributed by atoms with Gasteiger partial charge in [0, 0.05) is 6.20 Å². The number of rotatable bonds is 4. The predicted molar refractivity (Wildman–Crippen MR) is 91.3 cm³/mol. The second-order valence-corrected chi connectivity index (χ2v) is 6.23. The van der Waals surface area contributed by atoms with E-state index >= 15 is 0 Å². The van der Waals surface area contributed by atoms with Crippen molar-refractivity contribution >= 4 is 11.6 Å². The van der Waals surface area contributed by atoms with E-state index in [1.54, 1.807) is 18.2 Å². The van der Waals surface area contributed by atoms with Gasteiger partial charge in [-0.2, -0.15) is 19.0 Å². The Labute approximate surface area is 152 Å². The maximum absolute atomic E-state index is 14.6. The number of hydrogen-bond acceptors (Lipinski definition) is 5. The van der Waals surface area contributed by atoms with Gasteiger partial charge < -0.3 is 10.0 Å². The molecule has 4 rings (SSSR count). The van der Waals surface area contributed by atoms with Crippen LogP contribution < -0.4 is 4.90 Å². The summed E-state index contributed by atoms with van der Waals surface area (Å²) in [5.41, 5.74) is 0.286. The maximum Gasteiger partial charge on any atom is 0.352 e. The molecule has 27 heavy (non-hydrogen) atoms. The van der Waals surface area contributed by atoms with Crippen molar-refractivity contribution in [3.63, 3.8) is 0 Å². The zero-order valence-electron chi connectivity index (χ0n) is 14.3.